The number of hydrogen-bond acceptors (Lipinski definition) is 4. The molecule has 1 aromatic rings. The highest BCUT2D eigenvalue weighted by atomic mass is 79.9. The predicted molar refractivity (Wildman–Crippen MR) is 77.8 cm³/mol. The molecule has 0 aliphatic carbocycles. The largest absolute Gasteiger partial charge is 0.385 e. The molecule has 1 atom stereocenters. The molecule has 0 saturated carbocycles. The summed E-state index contributed by atoms with van der Waals surface area (Å²) in [6, 6.07) is 3.87. The minimum absolute atomic E-state index is 0.0294. The fourth-order valence-corrected chi connectivity index (χ4v) is 2.81. The molecule has 1 heterocycles. The van der Waals surface area contributed by atoms with Crippen LogP contribution in [0.5, 0.6) is 0 Å². The number of carbonyl (C=O) groups excluding carboxylic acids is 1. The molecule has 1 aromatic heterocycles. The summed E-state index contributed by atoms with van der Waals surface area (Å²) >= 11 is 5.09. The maximum absolute atomic E-state index is 11.7. The smallest absolute Gasteiger partial charge is 0.236 e. The SMILES string of the molecule is COCCCNC(=O)C(C)NCc1ccc(Br)s1. The van der Waals surface area contributed by atoms with Crippen molar-refractivity contribution in [1.82, 2.24) is 10.6 Å². The molecular weight excluding hydrogens is 316 g/mol. The molecule has 0 spiro atoms. The Morgan fingerprint density at radius 2 is 2.33 bits per heavy atom. The zero-order valence-corrected chi connectivity index (χ0v) is 13.1. The van der Waals surface area contributed by atoms with Crippen LogP contribution < -0.4 is 10.6 Å². The van der Waals surface area contributed by atoms with Gasteiger partial charge in [-0.25, -0.2) is 0 Å². The topological polar surface area (TPSA) is 50.4 Å². The van der Waals surface area contributed by atoms with Crippen LogP contribution >= 0.6 is 27.3 Å². The molecule has 0 saturated heterocycles. The number of amides is 1. The summed E-state index contributed by atoms with van der Waals surface area (Å²) in [5.41, 5.74) is 0. The van der Waals surface area contributed by atoms with Gasteiger partial charge in [0.05, 0.1) is 9.83 Å². The van der Waals surface area contributed by atoms with Crippen LogP contribution in [-0.2, 0) is 16.1 Å². The van der Waals surface area contributed by atoms with Crippen molar-refractivity contribution in [3.63, 3.8) is 0 Å². The van der Waals surface area contributed by atoms with Crippen LogP contribution in [0.25, 0.3) is 0 Å². The Morgan fingerprint density at radius 1 is 1.56 bits per heavy atom. The van der Waals surface area contributed by atoms with Gasteiger partial charge in [-0.1, -0.05) is 0 Å². The summed E-state index contributed by atoms with van der Waals surface area (Å²) in [6.45, 7) is 3.91. The van der Waals surface area contributed by atoms with Gasteiger partial charge < -0.3 is 15.4 Å². The molecule has 2 N–H and O–H groups in total. The Morgan fingerprint density at radius 3 is 2.94 bits per heavy atom. The highest BCUT2D eigenvalue weighted by molar-refractivity contribution is 9.11. The van der Waals surface area contributed by atoms with Crippen molar-refractivity contribution in [3.8, 4) is 0 Å². The van der Waals surface area contributed by atoms with Crippen LogP contribution in [0.2, 0.25) is 0 Å². The van der Waals surface area contributed by atoms with Gasteiger partial charge in [-0.3, -0.25) is 4.79 Å². The van der Waals surface area contributed by atoms with E-state index < -0.39 is 0 Å². The van der Waals surface area contributed by atoms with Crippen LogP contribution in [0.15, 0.2) is 15.9 Å². The van der Waals surface area contributed by atoms with Gasteiger partial charge in [-0.15, -0.1) is 11.3 Å². The Labute approximate surface area is 120 Å². The molecule has 0 radical (unpaired) electrons. The third-order valence-electron chi connectivity index (χ3n) is 2.43. The second-order valence-corrected chi connectivity index (χ2v) is 6.49. The highest BCUT2D eigenvalue weighted by Crippen LogP contribution is 2.21. The van der Waals surface area contributed by atoms with E-state index in [1.54, 1.807) is 18.4 Å². The highest BCUT2D eigenvalue weighted by Gasteiger charge is 2.11. The van der Waals surface area contributed by atoms with E-state index in [1.165, 1.54) is 4.88 Å². The molecule has 0 aliphatic heterocycles. The summed E-state index contributed by atoms with van der Waals surface area (Å²) in [6.07, 6.45) is 0.840. The first kappa shape index (κ1) is 15.6. The van der Waals surface area contributed by atoms with Crippen LogP contribution in [0.4, 0.5) is 0 Å². The number of halogens is 1. The van der Waals surface area contributed by atoms with E-state index in [0.29, 0.717) is 19.7 Å². The number of rotatable bonds is 8. The minimum Gasteiger partial charge on any atom is -0.385 e. The van der Waals surface area contributed by atoms with E-state index in [0.717, 1.165) is 10.2 Å². The van der Waals surface area contributed by atoms with Crippen molar-refractivity contribution < 1.29 is 9.53 Å². The van der Waals surface area contributed by atoms with Gasteiger partial charge in [0.2, 0.25) is 5.91 Å². The molecule has 0 fully saturated rings. The van der Waals surface area contributed by atoms with Gasteiger partial charge >= 0.3 is 0 Å². The Balaban J connectivity index is 2.19. The summed E-state index contributed by atoms with van der Waals surface area (Å²) in [4.78, 5) is 12.9. The summed E-state index contributed by atoms with van der Waals surface area (Å²) < 4.78 is 6.03. The zero-order chi connectivity index (χ0) is 13.4. The lowest BCUT2D eigenvalue weighted by atomic mass is 10.3. The van der Waals surface area contributed by atoms with E-state index in [9.17, 15) is 4.79 Å². The number of ether oxygens (including phenoxy) is 1. The third-order valence-corrected chi connectivity index (χ3v) is 4.05. The summed E-state index contributed by atoms with van der Waals surface area (Å²) in [7, 11) is 1.66. The molecule has 18 heavy (non-hydrogen) atoms. The number of thiophene rings is 1. The van der Waals surface area contributed by atoms with Gasteiger partial charge in [-0.05, 0) is 41.4 Å². The number of methoxy groups -OCH3 is 1. The van der Waals surface area contributed by atoms with E-state index in [-0.39, 0.29) is 11.9 Å². The lowest BCUT2D eigenvalue weighted by Crippen LogP contribution is -2.42. The zero-order valence-electron chi connectivity index (χ0n) is 10.7. The second-order valence-electron chi connectivity index (χ2n) is 3.95. The molecule has 0 aromatic carbocycles. The first-order chi connectivity index (χ1) is 8.63. The average molecular weight is 335 g/mol. The summed E-state index contributed by atoms with van der Waals surface area (Å²) in [5.74, 6) is 0.0294. The molecule has 1 rings (SSSR count). The van der Waals surface area contributed by atoms with Crippen molar-refractivity contribution in [2.45, 2.75) is 25.9 Å². The maximum atomic E-state index is 11.7. The molecule has 1 amide bonds. The Kier molecular flexibility index (Phi) is 7.50. The maximum Gasteiger partial charge on any atom is 0.236 e. The fraction of sp³-hybridized carbons (Fsp3) is 0.583. The van der Waals surface area contributed by atoms with Crippen molar-refractivity contribution in [1.29, 1.82) is 0 Å². The van der Waals surface area contributed by atoms with Crippen LogP contribution in [-0.4, -0.2) is 32.2 Å². The quantitative estimate of drug-likeness (QED) is 0.716. The minimum atomic E-state index is -0.187. The van der Waals surface area contributed by atoms with Crippen LogP contribution in [0.1, 0.15) is 18.2 Å². The van der Waals surface area contributed by atoms with Crippen molar-refractivity contribution in [2.75, 3.05) is 20.3 Å². The third kappa shape index (κ3) is 5.95. The average Bonchev–Trinajstić information content (AvgIpc) is 2.77. The molecule has 4 nitrogen and oxygen atoms in total. The molecule has 102 valence electrons. The van der Waals surface area contributed by atoms with Gasteiger partial charge in [-0.2, -0.15) is 0 Å². The van der Waals surface area contributed by atoms with Gasteiger partial charge in [0, 0.05) is 31.7 Å². The first-order valence-corrected chi connectivity index (χ1v) is 7.48. The van der Waals surface area contributed by atoms with Gasteiger partial charge in [0.1, 0.15) is 0 Å². The number of carbonyl (C=O) groups is 1. The van der Waals surface area contributed by atoms with E-state index in [4.69, 9.17) is 4.74 Å². The fourth-order valence-electron chi connectivity index (χ4n) is 1.37. The van der Waals surface area contributed by atoms with Crippen LogP contribution in [0.3, 0.4) is 0 Å². The Bertz CT molecular complexity index is 371. The van der Waals surface area contributed by atoms with Crippen molar-refractivity contribution >= 4 is 33.2 Å². The second kappa shape index (κ2) is 8.63. The molecule has 6 heteroatoms. The number of hydrogen-bond donors (Lipinski definition) is 2. The van der Waals surface area contributed by atoms with E-state index in [2.05, 4.69) is 26.6 Å². The van der Waals surface area contributed by atoms with Gasteiger partial charge in [0.15, 0.2) is 0 Å². The molecule has 0 aliphatic rings. The van der Waals surface area contributed by atoms with Crippen molar-refractivity contribution in [3.05, 3.63) is 20.8 Å². The lowest BCUT2D eigenvalue weighted by molar-refractivity contribution is -0.122. The predicted octanol–water partition coefficient (Wildman–Crippen LogP) is 2.14. The summed E-state index contributed by atoms with van der Waals surface area (Å²) in [5, 5.41) is 6.07. The van der Waals surface area contributed by atoms with E-state index in [1.807, 2.05) is 19.1 Å². The van der Waals surface area contributed by atoms with Gasteiger partial charge in [0.25, 0.3) is 0 Å². The molecule has 1 unspecified atom stereocenters. The van der Waals surface area contributed by atoms with Crippen molar-refractivity contribution in [2.24, 2.45) is 0 Å². The van der Waals surface area contributed by atoms with Crippen LogP contribution in [0, 0.1) is 0 Å². The molecular formula is C12H19BrN2O2S. The lowest BCUT2D eigenvalue weighted by Gasteiger charge is -2.13. The molecule has 0 bridgehead atoms. The first-order valence-electron chi connectivity index (χ1n) is 5.87. The number of nitrogens with one attached hydrogen (secondary N) is 2. The normalized spacial score (nSPS) is 12.4. The van der Waals surface area contributed by atoms with E-state index >= 15 is 0 Å². The standard InChI is InChI=1S/C12H19BrN2O2S/c1-9(12(16)14-6-3-7-17-2)15-8-10-4-5-11(13)18-10/h4-5,9,15H,3,6-8H2,1-2H3,(H,14,16). The monoisotopic (exact) mass is 334 g/mol. The Hall–Kier alpha value is -0.430.